The van der Waals surface area contributed by atoms with Crippen LogP contribution < -0.4 is 0 Å². The number of aliphatic hydroxyl groups is 1. The Morgan fingerprint density at radius 3 is 2.54 bits per heavy atom. The molecule has 0 aliphatic heterocycles. The Balaban J connectivity index is 1.56. The smallest absolute Gasteiger partial charge is 0.302 e. The Labute approximate surface area is 167 Å². The largest absolute Gasteiger partial charge is 0.463 e. The van der Waals surface area contributed by atoms with Crippen LogP contribution in [0.4, 0.5) is 0 Å². The summed E-state index contributed by atoms with van der Waals surface area (Å²) in [5.74, 6) is 0.990. The van der Waals surface area contributed by atoms with Crippen LogP contribution in [0.5, 0.6) is 0 Å². The normalized spacial score (nSPS) is 44.6. The number of fused-ring (bicyclic) bond motifs is 5. The van der Waals surface area contributed by atoms with Gasteiger partial charge < -0.3 is 14.6 Å². The van der Waals surface area contributed by atoms with Gasteiger partial charge in [0.1, 0.15) is 12.2 Å². The van der Waals surface area contributed by atoms with E-state index in [0.717, 1.165) is 51.4 Å². The maximum absolute atomic E-state index is 11.6. The third-order valence-corrected chi connectivity index (χ3v) is 8.57. The van der Waals surface area contributed by atoms with E-state index < -0.39 is 0 Å². The molecule has 4 rings (SSSR count). The maximum atomic E-state index is 11.6. The molecule has 4 aliphatic carbocycles. The van der Waals surface area contributed by atoms with Crippen molar-refractivity contribution in [3.8, 4) is 0 Å². The van der Waals surface area contributed by atoms with Crippen LogP contribution in [0.1, 0.15) is 72.1 Å². The first-order valence-electron chi connectivity index (χ1n) is 11.0. The topological polar surface area (TPSA) is 72.8 Å². The minimum atomic E-state index is -0.198. The Kier molecular flexibility index (Phi) is 5.09. The summed E-state index contributed by atoms with van der Waals surface area (Å²) in [7, 11) is 0. The molecule has 1 unspecified atom stereocenters. The molecule has 0 aromatic heterocycles. The van der Waals surface area contributed by atoms with Gasteiger partial charge >= 0.3 is 11.9 Å². The summed E-state index contributed by atoms with van der Waals surface area (Å²) in [6.45, 7) is 5.48. The number of hydrogen-bond acceptors (Lipinski definition) is 5. The van der Waals surface area contributed by atoms with E-state index in [1.807, 2.05) is 0 Å². The molecule has 1 N–H and O–H groups in total. The van der Waals surface area contributed by atoms with Crippen molar-refractivity contribution in [1.82, 2.24) is 0 Å². The average Bonchev–Trinajstić information content (AvgIpc) is 2.97. The van der Waals surface area contributed by atoms with Crippen LogP contribution in [0, 0.1) is 28.6 Å². The van der Waals surface area contributed by atoms with E-state index in [1.54, 1.807) is 0 Å². The van der Waals surface area contributed by atoms with E-state index in [0.29, 0.717) is 17.8 Å². The van der Waals surface area contributed by atoms with Crippen LogP contribution in [0.2, 0.25) is 0 Å². The van der Waals surface area contributed by atoms with Crippen LogP contribution in [-0.2, 0) is 19.1 Å². The molecule has 28 heavy (non-hydrogen) atoms. The van der Waals surface area contributed by atoms with Gasteiger partial charge in [0, 0.05) is 32.3 Å². The molecule has 0 radical (unpaired) electrons. The molecule has 0 aromatic carbocycles. The number of carbonyl (C=O) groups is 2. The number of carbonyl (C=O) groups excluding carboxylic acids is 2. The van der Waals surface area contributed by atoms with Crippen LogP contribution in [0.15, 0.2) is 11.6 Å². The van der Waals surface area contributed by atoms with Crippen LogP contribution >= 0.6 is 0 Å². The van der Waals surface area contributed by atoms with Crippen molar-refractivity contribution in [2.45, 2.75) is 84.3 Å². The lowest BCUT2D eigenvalue weighted by Crippen LogP contribution is -2.55. The molecular formula is C23H34O5. The Bertz CT molecular complexity index is 684. The highest BCUT2D eigenvalue weighted by Gasteiger charge is 2.59. The summed E-state index contributed by atoms with van der Waals surface area (Å²) < 4.78 is 11.2. The number of esters is 2. The summed E-state index contributed by atoms with van der Waals surface area (Å²) in [5, 5.41) is 10.6. The van der Waals surface area contributed by atoms with Gasteiger partial charge in [0.25, 0.3) is 0 Å². The number of rotatable bonds is 3. The lowest BCUT2D eigenvalue weighted by atomic mass is 9.46. The minimum Gasteiger partial charge on any atom is -0.463 e. The first-order valence-corrected chi connectivity index (χ1v) is 11.0. The van der Waals surface area contributed by atoms with Gasteiger partial charge in [-0.05, 0) is 68.1 Å². The Morgan fingerprint density at radius 1 is 1.11 bits per heavy atom. The zero-order valence-corrected chi connectivity index (χ0v) is 17.4. The summed E-state index contributed by atoms with van der Waals surface area (Å²) >= 11 is 0. The molecule has 0 amide bonds. The molecule has 4 aliphatic rings. The van der Waals surface area contributed by atoms with Crippen molar-refractivity contribution in [2.24, 2.45) is 28.6 Å². The quantitative estimate of drug-likeness (QED) is 0.586. The Morgan fingerprint density at radius 2 is 1.86 bits per heavy atom. The van der Waals surface area contributed by atoms with Gasteiger partial charge in [-0.1, -0.05) is 18.6 Å². The zero-order chi connectivity index (χ0) is 20.1. The minimum absolute atomic E-state index is 0.00613. The molecular weight excluding hydrogens is 356 g/mol. The summed E-state index contributed by atoms with van der Waals surface area (Å²) in [6, 6.07) is 0. The van der Waals surface area contributed by atoms with Crippen molar-refractivity contribution in [3.05, 3.63) is 11.6 Å². The predicted octanol–water partition coefficient (Wildman–Crippen LogP) is 3.79. The van der Waals surface area contributed by atoms with Gasteiger partial charge in [0.15, 0.2) is 0 Å². The monoisotopic (exact) mass is 390 g/mol. The van der Waals surface area contributed by atoms with Crippen LogP contribution in [0.3, 0.4) is 0 Å². The summed E-state index contributed by atoms with van der Waals surface area (Å²) in [6.07, 6.45) is 10.1. The van der Waals surface area contributed by atoms with E-state index in [4.69, 9.17) is 9.47 Å². The van der Waals surface area contributed by atoms with Gasteiger partial charge in [0.05, 0.1) is 0 Å². The Hall–Kier alpha value is -1.36. The van der Waals surface area contributed by atoms with E-state index >= 15 is 0 Å². The fraction of sp³-hybridized carbons (Fsp3) is 0.826. The average molecular weight is 391 g/mol. The SMILES string of the molecule is CC(=O)O[C@H]1CC[C@@]2(CO)C(CC[C@H]3C4=CC[C@H](OC(C)=O)[C@@]4(C)CC[C@@H]32)C1. The first kappa shape index (κ1) is 19.9. The molecule has 156 valence electrons. The van der Waals surface area contributed by atoms with Crippen molar-refractivity contribution in [2.75, 3.05) is 6.61 Å². The fourth-order valence-corrected chi connectivity index (χ4v) is 7.34. The van der Waals surface area contributed by atoms with E-state index in [9.17, 15) is 14.7 Å². The van der Waals surface area contributed by atoms with Crippen LogP contribution in [0.25, 0.3) is 0 Å². The van der Waals surface area contributed by atoms with E-state index in [-0.39, 0.29) is 41.6 Å². The first-order chi connectivity index (χ1) is 13.3. The van der Waals surface area contributed by atoms with Crippen molar-refractivity contribution < 1.29 is 24.2 Å². The van der Waals surface area contributed by atoms with Gasteiger partial charge in [-0.2, -0.15) is 0 Å². The highest BCUT2D eigenvalue weighted by molar-refractivity contribution is 5.66. The molecule has 3 saturated carbocycles. The molecule has 0 spiro atoms. The predicted molar refractivity (Wildman–Crippen MR) is 104 cm³/mol. The highest BCUT2D eigenvalue weighted by atomic mass is 16.5. The maximum Gasteiger partial charge on any atom is 0.302 e. The third-order valence-electron chi connectivity index (χ3n) is 8.57. The van der Waals surface area contributed by atoms with E-state index in [2.05, 4.69) is 13.0 Å². The molecule has 0 saturated heterocycles. The third kappa shape index (κ3) is 3.01. The number of aliphatic hydroxyl groups excluding tert-OH is 1. The molecule has 0 aromatic rings. The lowest BCUT2D eigenvalue weighted by Gasteiger charge is -2.60. The fourth-order valence-electron chi connectivity index (χ4n) is 7.34. The second-order valence-electron chi connectivity index (χ2n) is 9.83. The standard InChI is InChI=1S/C23H34O5/c1-14(25)27-17-8-11-23(13-24)16(12-17)4-5-18-19-6-7-21(28-15(2)26)22(19,3)10-9-20(18)23/h6,16-18,20-21,24H,4-5,7-13H2,1-3H3/t16?,17-,18-,20-,21-,22-,23+/m0/s1. The van der Waals surface area contributed by atoms with Crippen molar-refractivity contribution >= 4 is 11.9 Å². The zero-order valence-electron chi connectivity index (χ0n) is 17.4. The second-order valence-corrected chi connectivity index (χ2v) is 9.83. The van der Waals surface area contributed by atoms with Gasteiger partial charge in [-0.15, -0.1) is 0 Å². The summed E-state index contributed by atoms with van der Waals surface area (Å²) in [4.78, 5) is 23.0. The van der Waals surface area contributed by atoms with Crippen molar-refractivity contribution in [3.63, 3.8) is 0 Å². The molecule has 5 nitrogen and oxygen atoms in total. The number of ether oxygens (including phenoxy) is 2. The molecule has 3 fully saturated rings. The second kappa shape index (κ2) is 7.16. The van der Waals surface area contributed by atoms with Crippen LogP contribution in [-0.4, -0.2) is 35.9 Å². The van der Waals surface area contributed by atoms with Crippen molar-refractivity contribution in [1.29, 1.82) is 0 Å². The van der Waals surface area contributed by atoms with Gasteiger partial charge in [0.2, 0.25) is 0 Å². The molecule has 0 bridgehead atoms. The number of hydrogen-bond donors (Lipinski definition) is 1. The van der Waals surface area contributed by atoms with Gasteiger partial charge in [-0.25, -0.2) is 0 Å². The molecule has 0 heterocycles. The molecule has 7 atom stereocenters. The molecule has 5 heteroatoms. The highest BCUT2D eigenvalue weighted by Crippen LogP contribution is 2.65. The lowest BCUT2D eigenvalue weighted by molar-refractivity contribution is -0.162. The van der Waals surface area contributed by atoms with E-state index in [1.165, 1.54) is 19.4 Å². The van der Waals surface area contributed by atoms with Gasteiger partial charge in [-0.3, -0.25) is 9.59 Å². The summed E-state index contributed by atoms with van der Waals surface area (Å²) in [5.41, 5.74) is 1.37.